The van der Waals surface area contributed by atoms with Crippen molar-refractivity contribution in [2.24, 2.45) is 0 Å². The minimum atomic E-state index is 0.450. The number of aromatic nitrogens is 4. The second-order valence-corrected chi connectivity index (χ2v) is 2.83. The number of halogens is 1. The van der Waals surface area contributed by atoms with Gasteiger partial charge in [0, 0.05) is 0 Å². The van der Waals surface area contributed by atoms with Crippen LogP contribution >= 0.6 is 11.6 Å². The van der Waals surface area contributed by atoms with E-state index in [-0.39, 0.29) is 0 Å². The summed E-state index contributed by atoms with van der Waals surface area (Å²) in [5.74, 6) is 0.522. The van der Waals surface area contributed by atoms with Crippen LogP contribution in [0.3, 0.4) is 0 Å². The summed E-state index contributed by atoms with van der Waals surface area (Å²) >= 11 is 5.89. The van der Waals surface area contributed by atoms with Crippen LogP contribution < -0.4 is 5.73 Å². The second-order valence-electron chi connectivity index (χ2n) is 2.42. The summed E-state index contributed by atoms with van der Waals surface area (Å²) in [5, 5.41) is 7.85. The maximum Gasteiger partial charge on any atom is 0.174 e. The largest absolute Gasteiger partial charge is 0.397 e. The molecule has 0 saturated heterocycles. The molecule has 0 saturated carbocycles. The van der Waals surface area contributed by atoms with Crippen LogP contribution in [0, 0.1) is 0 Å². The highest BCUT2D eigenvalue weighted by atomic mass is 35.5. The fourth-order valence-electron chi connectivity index (χ4n) is 0.935. The highest BCUT2D eigenvalue weighted by molar-refractivity contribution is 6.32. The molecule has 66 valence electrons. The highest BCUT2D eigenvalue weighted by Gasteiger charge is 2.04. The lowest BCUT2D eigenvalue weighted by Crippen LogP contribution is -2.00. The second kappa shape index (κ2) is 3.02. The van der Waals surface area contributed by atoms with Crippen molar-refractivity contribution in [3.8, 4) is 5.82 Å². The first-order chi connectivity index (χ1) is 6.27. The van der Waals surface area contributed by atoms with Crippen LogP contribution in [-0.2, 0) is 0 Å². The molecule has 2 N–H and O–H groups in total. The summed E-state index contributed by atoms with van der Waals surface area (Å²) in [7, 11) is 0. The molecule has 0 bridgehead atoms. The van der Waals surface area contributed by atoms with Gasteiger partial charge in [-0.05, 0) is 6.07 Å². The van der Waals surface area contributed by atoms with Crippen LogP contribution in [0.15, 0.2) is 24.7 Å². The molecule has 0 aliphatic rings. The summed E-state index contributed by atoms with van der Waals surface area (Å²) in [5.41, 5.74) is 6.01. The van der Waals surface area contributed by atoms with Gasteiger partial charge in [0.1, 0.15) is 0 Å². The van der Waals surface area contributed by atoms with Crippen molar-refractivity contribution in [1.29, 1.82) is 0 Å². The number of hydrogen-bond acceptors (Lipinski definition) is 4. The molecule has 13 heavy (non-hydrogen) atoms. The third kappa shape index (κ3) is 1.46. The Bertz CT molecular complexity index is 411. The highest BCUT2D eigenvalue weighted by Crippen LogP contribution is 2.18. The zero-order valence-electron chi connectivity index (χ0n) is 6.55. The lowest BCUT2D eigenvalue weighted by molar-refractivity contribution is 0.782. The molecule has 0 aliphatic carbocycles. The van der Waals surface area contributed by atoms with E-state index in [0.29, 0.717) is 16.5 Å². The first-order valence-electron chi connectivity index (χ1n) is 3.55. The molecular formula is C7H6ClN5. The van der Waals surface area contributed by atoms with Gasteiger partial charge in [-0.2, -0.15) is 0 Å². The van der Waals surface area contributed by atoms with Crippen molar-refractivity contribution in [2.45, 2.75) is 0 Å². The maximum atomic E-state index is 5.89. The predicted octanol–water partition coefficient (Wildman–Crippen LogP) is 0.898. The molecule has 0 aromatic carbocycles. The van der Waals surface area contributed by atoms with Gasteiger partial charge >= 0.3 is 0 Å². The fourth-order valence-corrected chi connectivity index (χ4v) is 1.20. The van der Waals surface area contributed by atoms with E-state index in [1.54, 1.807) is 18.5 Å². The normalized spacial score (nSPS) is 10.2. The van der Waals surface area contributed by atoms with Gasteiger partial charge in [0.25, 0.3) is 0 Å². The minimum absolute atomic E-state index is 0.450. The molecule has 0 fully saturated rings. The van der Waals surface area contributed by atoms with Gasteiger partial charge in [-0.3, -0.25) is 0 Å². The Morgan fingerprint density at radius 2 is 2.31 bits per heavy atom. The summed E-state index contributed by atoms with van der Waals surface area (Å²) < 4.78 is 1.47. The van der Waals surface area contributed by atoms with Crippen molar-refractivity contribution < 1.29 is 0 Å². The van der Waals surface area contributed by atoms with Crippen LogP contribution in [0.4, 0.5) is 5.69 Å². The van der Waals surface area contributed by atoms with E-state index in [9.17, 15) is 0 Å². The number of anilines is 1. The molecular weight excluding hydrogens is 190 g/mol. The van der Waals surface area contributed by atoms with Crippen molar-refractivity contribution in [1.82, 2.24) is 20.0 Å². The molecule has 2 heterocycles. The van der Waals surface area contributed by atoms with Crippen molar-refractivity contribution in [3.63, 3.8) is 0 Å². The Balaban J connectivity index is 2.53. The molecule has 2 aromatic heterocycles. The molecule has 0 atom stereocenters. The Morgan fingerprint density at radius 3 is 2.92 bits per heavy atom. The lowest BCUT2D eigenvalue weighted by Gasteiger charge is -2.01. The Kier molecular flexibility index (Phi) is 1.86. The zero-order chi connectivity index (χ0) is 9.26. The third-order valence-electron chi connectivity index (χ3n) is 1.48. The van der Waals surface area contributed by atoms with Crippen LogP contribution in [0.25, 0.3) is 5.82 Å². The number of pyridine rings is 1. The van der Waals surface area contributed by atoms with Crippen LogP contribution in [0.2, 0.25) is 5.02 Å². The molecule has 6 heteroatoms. The van der Waals surface area contributed by atoms with Crippen LogP contribution in [-0.4, -0.2) is 20.0 Å². The van der Waals surface area contributed by atoms with Crippen molar-refractivity contribution >= 4 is 17.3 Å². The average Bonchev–Trinajstić information content (AvgIpc) is 2.56. The smallest absolute Gasteiger partial charge is 0.174 e. The first-order valence-corrected chi connectivity index (χ1v) is 3.93. The van der Waals surface area contributed by atoms with Gasteiger partial charge in [0.15, 0.2) is 5.82 Å². The van der Waals surface area contributed by atoms with Gasteiger partial charge < -0.3 is 5.73 Å². The molecule has 0 amide bonds. The van der Waals surface area contributed by atoms with E-state index < -0.39 is 0 Å². The molecule has 5 nitrogen and oxygen atoms in total. The SMILES string of the molecule is Nc1cnc(-n2ccnn2)c(Cl)c1. The molecule has 2 aromatic rings. The van der Waals surface area contributed by atoms with Gasteiger partial charge in [-0.25, -0.2) is 9.67 Å². The summed E-state index contributed by atoms with van der Waals surface area (Å²) in [4.78, 5) is 4.02. The van der Waals surface area contributed by atoms with E-state index in [1.165, 1.54) is 10.9 Å². The molecule has 0 aliphatic heterocycles. The molecule has 2 rings (SSSR count). The standard InChI is InChI=1S/C7H6ClN5/c8-6-3-5(9)4-10-7(6)13-2-1-11-12-13/h1-4H,9H2. The van der Waals surface area contributed by atoms with E-state index in [2.05, 4.69) is 15.3 Å². The van der Waals surface area contributed by atoms with E-state index in [0.717, 1.165) is 0 Å². The monoisotopic (exact) mass is 195 g/mol. The Hall–Kier alpha value is -1.62. The van der Waals surface area contributed by atoms with E-state index >= 15 is 0 Å². The van der Waals surface area contributed by atoms with Gasteiger partial charge in [0.2, 0.25) is 0 Å². The number of rotatable bonds is 1. The van der Waals surface area contributed by atoms with Crippen LogP contribution in [0.1, 0.15) is 0 Å². The Morgan fingerprint density at radius 1 is 1.46 bits per heavy atom. The summed E-state index contributed by atoms with van der Waals surface area (Å²) in [6, 6.07) is 1.62. The maximum absolute atomic E-state index is 5.89. The number of nitrogens with zero attached hydrogens (tertiary/aromatic N) is 4. The topological polar surface area (TPSA) is 69.6 Å². The number of nitrogen functional groups attached to an aromatic ring is 1. The lowest BCUT2D eigenvalue weighted by atomic mass is 10.4. The minimum Gasteiger partial charge on any atom is -0.397 e. The van der Waals surface area contributed by atoms with Gasteiger partial charge in [0.05, 0.1) is 29.3 Å². The fraction of sp³-hybridized carbons (Fsp3) is 0. The number of hydrogen-bond donors (Lipinski definition) is 1. The van der Waals surface area contributed by atoms with E-state index in [4.69, 9.17) is 17.3 Å². The van der Waals surface area contributed by atoms with Gasteiger partial charge in [-0.15, -0.1) is 5.10 Å². The molecule has 0 spiro atoms. The first kappa shape index (κ1) is 8.00. The summed E-state index contributed by atoms with van der Waals surface area (Å²) in [6.45, 7) is 0. The third-order valence-corrected chi connectivity index (χ3v) is 1.76. The number of nitrogens with two attached hydrogens (primary N) is 1. The predicted molar refractivity (Wildman–Crippen MR) is 48.6 cm³/mol. The van der Waals surface area contributed by atoms with Crippen molar-refractivity contribution in [2.75, 3.05) is 5.73 Å². The van der Waals surface area contributed by atoms with E-state index in [1.807, 2.05) is 0 Å². The summed E-state index contributed by atoms with van der Waals surface area (Å²) in [6.07, 6.45) is 4.72. The molecule has 0 unspecified atom stereocenters. The van der Waals surface area contributed by atoms with Crippen LogP contribution in [0.5, 0.6) is 0 Å². The Labute approximate surface area is 79.1 Å². The van der Waals surface area contributed by atoms with Crippen molar-refractivity contribution in [3.05, 3.63) is 29.7 Å². The average molecular weight is 196 g/mol. The van der Waals surface area contributed by atoms with Gasteiger partial charge in [-0.1, -0.05) is 16.8 Å². The molecule has 0 radical (unpaired) electrons. The quantitative estimate of drug-likeness (QED) is 0.734. The zero-order valence-corrected chi connectivity index (χ0v) is 7.31.